The molecule has 1 unspecified atom stereocenters. The van der Waals surface area contributed by atoms with Gasteiger partial charge in [-0.2, -0.15) is 5.10 Å². The molecule has 2 aromatic carbocycles. The third-order valence-electron chi connectivity index (χ3n) is 4.82. The van der Waals surface area contributed by atoms with E-state index < -0.39 is 0 Å². The molecule has 5 heteroatoms. The van der Waals surface area contributed by atoms with Crippen LogP contribution in [-0.4, -0.2) is 15.7 Å². The van der Waals surface area contributed by atoms with Crippen LogP contribution in [0.15, 0.2) is 53.3 Å². The van der Waals surface area contributed by atoms with E-state index in [-0.39, 0.29) is 17.5 Å². The predicted molar refractivity (Wildman–Crippen MR) is 96.6 cm³/mol. The molecule has 1 aliphatic carbocycles. The first-order valence-corrected chi connectivity index (χ1v) is 8.57. The highest BCUT2D eigenvalue weighted by atomic mass is 16.2. The second-order valence-electron chi connectivity index (χ2n) is 6.28. The fourth-order valence-electron chi connectivity index (χ4n) is 3.55. The smallest absolute Gasteiger partial charge is 0.274 e. The molecular formula is C20H19N3O2. The summed E-state index contributed by atoms with van der Waals surface area (Å²) < 4.78 is 1.35. The molecule has 1 amide bonds. The van der Waals surface area contributed by atoms with Crippen molar-refractivity contribution < 1.29 is 4.79 Å². The van der Waals surface area contributed by atoms with Gasteiger partial charge in [-0.05, 0) is 37.0 Å². The van der Waals surface area contributed by atoms with Crippen LogP contribution in [0, 0.1) is 0 Å². The molecule has 126 valence electrons. The highest BCUT2D eigenvalue weighted by molar-refractivity contribution is 6.04. The van der Waals surface area contributed by atoms with Crippen molar-refractivity contribution in [2.45, 2.75) is 32.4 Å². The van der Waals surface area contributed by atoms with E-state index in [1.807, 2.05) is 25.1 Å². The van der Waals surface area contributed by atoms with E-state index in [1.165, 1.54) is 15.8 Å². The summed E-state index contributed by atoms with van der Waals surface area (Å²) in [6, 6.07) is 15.3. The van der Waals surface area contributed by atoms with Gasteiger partial charge in [0.2, 0.25) is 0 Å². The minimum Gasteiger partial charge on any atom is -0.344 e. The van der Waals surface area contributed by atoms with E-state index in [0.29, 0.717) is 23.0 Å². The number of carbonyl (C=O) groups excluding carboxylic acids is 1. The van der Waals surface area contributed by atoms with E-state index in [0.717, 1.165) is 12.8 Å². The average molecular weight is 333 g/mol. The van der Waals surface area contributed by atoms with Crippen LogP contribution < -0.4 is 10.9 Å². The molecule has 0 aliphatic heterocycles. The predicted octanol–water partition coefficient (Wildman–Crippen LogP) is 2.83. The topological polar surface area (TPSA) is 64.0 Å². The van der Waals surface area contributed by atoms with Gasteiger partial charge in [0, 0.05) is 11.9 Å². The van der Waals surface area contributed by atoms with Gasteiger partial charge in [-0.1, -0.05) is 42.5 Å². The molecule has 0 radical (unpaired) electrons. The van der Waals surface area contributed by atoms with Crippen LogP contribution in [0.5, 0.6) is 0 Å². The van der Waals surface area contributed by atoms with Crippen LogP contribution in [0.3, 0.4) is 0 Å². The number of nitrogens with one attached hydrogen (secondary N) is 1. The summed E-state index contributed by atoms with van der Waals surface area (Å²) in [5, 5.41) is 8.53. The third-order valence-corrected chi connectivity index (χ3v) is 4.82. The zero-order valence-electron chi connectivity index (χ0n) is 14.0. The van der Waals surface area contributed by atoms with Gasteiger partial charge < -0.3 is 5.32 Å². The van der Waals surface area contributed by atoms with E-state index in [1.54, 1.807) is 18.2 Å². The van der Waals surface area contributed by atoms with Gasteiger partial charge in [-0.15, -0.1) is 0 Å². The van der Waals surface area contributed by atoms with Crippen LogP contribution in [-0.2, 0) is 13.0 Å². The zero-order valence-corrected chi connectivity index (χ0v) is 14.0. The molecule has 0 fully saturated rings. The van der Waals surface area contributed by atoms with Crippen molar-refractivity contribution in [2.24, 2.45) is 0 Å². The number of benzene rings is 2. The summed E-state index contributed by atoms with van der Waals surface area (Å²) in [5.74, 6) is -0.236. The number of fused-ring (bicyclic) bond motifs is 2. The lowest BCUT2D eigenvalue weighted by Crippen LogP contribution is -2.32. The maximum Gasteiger partial charge on any atom is 0.274 e. The van der Waals surface area contributed by atoms with Gasteiger partial charge in [0.05, 0.1) is 11.4 Å². The van der Waals surface area contributed by atoms with E-state index >= 15 is 0 Å². The Morgan fingerprint density at radius 1 is 1.16 bits per heavy atom. The maximum atomic E-state index is 12.9. The van der Waals surface area contributed by atoms with Crippen molar-refractivity contribution in [1.82, 2.24) is 15.1 Å². The Morgan fingerprint density at radius 3 is 2.68 bits per heavy atom. The number of aromatic nitrogens is 2. The van der Waals surface area contributed by atoms with Crippen LogP contribution in [0.25, 0.3) is 10.8 Å². The summed E-state index contributed by atoms with van der Waals surface area (Å²) in [6.45, 7) is 2.27. The Morgan fingerprint density at radius 2 is 1.88 bits per heavy atom. The molecule has 0 saturated carbocycles. The molecule has 1 atom stereocenters. The molecule has 3 aromatic rings. The number of amides is 1. The normalized spacial score (nSPS) is 16.0. The van der Waals surface area contributed by atoms with E-state index in [9.17, 15) is 9.59 Å². The van der Waals surface area contributed by atoms with Crippen molar-refractivity contribution in [2.75, 3.05) is 0 Å². The summed E-state index contributed by atoms with van der Waals surface area (Å²) in [5.41, 5.74) is 2.59. The lowest BCUT2D eigenvalue weighted by atomic mass is 10.1. The number of hydrogen-bond donors (Lipinski definition) is 1. The summed E-state index contributed by atoms with van der Waals surface area (Å²) in [6.07, 6.45) is 1.85. The quantitative estimate of drug-likeness (QED) is 0.801. The first-order valence-electron chi connectivity index (χ1n) is 8.57. The van der Waals surface area contributed by atoms with Gasteiger partial charge in [-0.25, -0.2) is 4.68 Å². The van der Waals surface area contributed by atoms with Crippen molar-refractivity contribution in [3.05, 3.63) is 75.7 Å². The van der Waals surface area contributed by atoms with Gasteiger partial charge >= 0.3 is 0 Å². The largest absolute Gasteiger partial charge is 0.344 e. The van der Waals surface area contributed by atoms with E-state index in [2.05, 4.69) is 22.5 Å². The molecule has 25 heavy (non-hydrogen) atoms. The standard InChI is InChI=1S/C20H19N3O2/c1-2-23-20(25)16-10-6-5-9-15(16)18(22-23)19(24)21-17-12-11-13-7-3-4-8-14(13)17/h3-10,17H,2,11-12H2,1H3,(H,21,24). The number of hydrogen-bond acceptors (Lipinski definition) is 3. The van der Waals surface area contributed by atoms with Crippen molar-refractivity contribution in [3.63, 3.8) is 0 Å². The molecule has 1 aromatic heterocycles. The van der Waals surface area contributed by atoms with Crippen LogP contribution >= 0.6 is 0 Å². The van der Waals surface area contributed by atoms with Crippen LogP contribution in [0.2, 0.25) is 0 Å². The lowest BCUT2D eigenvalue weighted by molar-refractivity contribution is 0.0931. The summed E-state index contributed by atoms with van der Waals surface area (Å²) in [7, 11) is 0. The highest BCUT2D eigenvalue weighted by Crippen LogP contribution is 2.31. The van der Waals surface area contributed by atoms with Crippen molar-refractivity contribution in [1.29, 1.82) is 0 Å². The minimum atomic E-state index is -0.236. The fourth-order valence-corrected chi connectivity index (χ4v) is 3.55. The van der Waals surface area contributed by atoms with E-state index in [4.69, 9.17) is 0 Å². The highest BCUT2D eigenvalue weighted by Gasteiger charge is 2.25. The Hall–Kier alpha value is -2.95. The van der Waals surface area contributed by atoms with Gasteiger partial charge in [0.1, 0.15) is 0 Å². The molecule has 5 nitrogen and oxygen atoms in total. The Labute approximate surface area is 145 Å². The Bertz CT molecular complexity index is 1020. The minimum absolute atomic E-state index is 0.00809. The summed E-state index contributed by atoms with van der Waals surface area (Å²) >= 11 is 0. The fraction of sp³-hybridized carbons (Fsp3) is 0.250. The van der Waals surface area contributed by atoms with Crippen molar-refractivity contribution in [3.8, 4) is 0 Å². The SMILES string of the molecule is CCn1nc(C(=O)NC2CCc3ccccc32)c2ccccc2c1=O. The molecule has 1 heterocycles. The van der Waals surface area contributed by atoms with Gasteiger partial charge in [-0.3, -0.25) is 9.59 Å². The average Bonchev–Trinajstić information content (AvgIpc) is 3.05. The van der Waals surface area contributed by atoms with Gasteiger partial charge in [0.25, 0.3) is 11.5 Å². The molecule has 4 rings (SSSR count). The number of rotatable bonds is 3. The van der Waals surface area contributed by atoms with Crippen LogP contribution in [0.4, 0.5) is 0 Å². The molecule has 0 saturated heterocycles. The number of nitrogens with zero attached hydrogens (tertiary/aromatic N) is 2. The molecule has 0 bridgehead atoms. The third kappa shape index (κ3) is 2.61. The van der Waals surface area contributed by atoms with Crippen molar-refractivity contribution >= 4 is 16.7 Å². The number of aryl methyl sites for hydroxylation is 2. The Balaban J connectivity index is 1.74. The zero-order chi connectivity index (χ0) is 17.4. The van der Waals surface area contributed by atoms with Crippen LogP contribution in [0.1, 0.15) is 41.0 Å². The monoisotopic (exact) mass is 333 g/mol. The lowest BCUT2D eigenvalue weighted by Gasteiger charge is -2.15. The maximum absolute atomic E-state index is 12.9. The second kappa shape index (κ2) is 6.16. The first kappa shape index (κ1) is 15.6. The molecule has 0 spiro atoms. The molecule has 1 aliphatic rings. The molecule has 1 N–H and O–H groups in total. The molecular weight excluding hydrogens is 314 g/mol. The number of carbonyl (C=O) groups is 1. The summed E-state index contributed by atoms with van der Waals surface area (Å²) in [4.78, 5) is 25.3. The Kier molecular flexibility index (Phi) is 3.84. The van der Waals surface area contributed by atoms with Gasteiger partial charge in [0.15, 0.2) is 5.69 Å². The second-order valence-corrected chi connectivity index (χ2v) is 6.28. The first-order chi connectivity index (χ1) is 12.2.